The highest BCUT2D eigenvalue weighted by atomic mass is 32.2. The molecule has 19 nitrogen and oxygen atoms in total. The first-order valence-corrected chi connectivity index (χ1v) is 29.0. The Morgan fingerprint density at radius 1 is 0.766 bits per heavy atom. The minimum atomic E-state index is -3.67. The second kappa shape index (κ2) is 23.2. The SMILES string of the molecule is CN1CCc2nc(C(=O)N[C@@H]3C[C@@H](C(=O)N(C)C)CC[C@@H]3N)sc2C1.CN1CCc2nc(C(=O)N[C@@H]3C[C@@H](C(=O)N(C)C)CC[C@@H]3NC(=O)OCC[Si](C)(C)C)sc2C1.CS(=O)(=O)O. The molecule has 0 unspecified atom stereocenters. The Bertz CT molecular complexity index is 2050. The first kappa shape index (κ1) is 53.0. The molecular formula is C41H70N10O9S3Si. The Morgan fingerprint density at radius 3 is 1.66 bits per heavy atom. The van der Waals surface area contributed by atoms with Crippen molar-refractivity contribution in [1.82, 2.24) is 45.5 Å². The standard InChI is InChI=1S/C23H39N5O4SSi.C17H27N5O2S.CH4O3S/c1-27(2)22(30)15-7-8-16(26-23(31)32-11-12-34(4,5)6)18(13-15)24-20(29)21-25-17-9-10-28(3)14-19(17)33-21;1-21(2)17(24)10-4-5-11(18)13(8-10)19-15(23)16-20-12-6-7-22(3)9-14(12)25-16;1-5(2,3)4/h15-16,18H,7-14H2,1-6H3,(H,24,29)(H,26,31);10-11,13H,4-9,18H2,1-3H3,(H,19,23);1H3,(H,2,3,4)/t15-,16-,18+;10-,11-,13+;/m00./s1. The summed E-state index contributed by atoms with van der Waals surface area (Å²) in [6, 6.07) is -0.0673. The van der Waals surface area contributed by atoms with Crippen LogP contribution >= 0.6 is 22.7 Å². The van der Waals surface area contributed by atoms with Gasteiger partial charge in [-0.1, -0.05) is 19.6 Å². The van der Waals surface area contributed by atoms with Crippen LogP contribution in [0.1, 0.15) is 79.3 Å². The van der Waals surface area contributed by atoms with Crippen LogP contribution in [0.2, 0.25) is 25.7 Å². The van der Waals surface area contributed by atoms with Crippen LogP contribution in [0.4, 0.5) is 4.79 Å². The van der Waals surface area contributed by atoms with E-state index in [1.807, 2.05) is 0 Å². The molecule has 2 aromatic rings. The maximum absolute atomic E-state index is 13.1. The number of amides is 5. The molecule has 2 aromatic heterocycles. The van der Waals surface area contributed by atoms with Crippen molar-refractivity contribution in [2.75, 3.05) is 68.2 Å². The van der Waals surface area contributed by atoms with Crippen molar-refractivity contribution in [3.8, 4) is 0 Å². The summed E-state index contributed by atoms with van der Waals surface area (Å²) in [5.74, 6) is -0.524. The first-order valence-electron chi connectivity index (χ1n) is 21.8. The average Bonchev–Trinajstić information content (AvgIpc) is 3.82. The highest BCUT2D eigenvalue weighted by Gasteiger charge is 2.38. The van der Waals surface area contributed by atoms with Crippen LogP contribution in [0.3, 0.4) is 0 Å². The van der Waals surface area contributed by atoms with Crippen molar-refractivity contribution >= 4 is 70.6 Å². The zero-order chi connectivity index (χ0) is 47.7. The number of hydrogen-bond acceptors (Lipinski definition) is 15. The van der Waals surface area contributed by atoms with Gasteiger partial charge in [0.1, 0.15) is 0 Å². The van der Waals surface area contributed by atoms with Crippen molar-refractivity contribution in [3.05, 3.63) is 31.2 Å². The van der Waals surface area contributed by atoms with Gasteiger partial charge in [-0.25, -0.2) is 14.8 Å². The largest absolute Gasteiger partial charge is 0.450 e. The number of alkyl carbamates (subject to hydrolysis) is 1. The summed E-state index contributed by atoms with van der Waals surface area (Å²) in [7, 11) is 6.18. The minimum absolute atomic E-state index is 0.0446. The van der Waals surface area contributed by atoms with Crippen molar-refractivity contribution < 1.29 is 41.7 Å². The number of aromatic nitrogens is 2. The second-order valence-corrected chi connectivity index (χ2v) is 28.2. The molecule has 64 heavy (non-hydrogen) atoms. The number of nitrogens with zero attached hydrogens (tertiary/aromatic N) is 6. The predicted octanol–water partition coefficient (Wildman–Crippen LogP) is 2.50. The third-order valence-corrected chi connectivity index (χ3v) is 15.5. The molecule has 2 saturated carbocycles. The van der Waals surface area contributed by atoms with E-state index in [0.29, 0.717) is 48.6 Å². The summed E-state index contributed by atoms with van der Waals surface area (Å²) in [6.45, 7) is 10.7. The van der Waals surface area contributed by atoms with Gasteiger partial charge in [-0.2, -0.15) is 8.42 Å². The molecule has 6 N–H and O–H groups in total. The van der Waals surface area contributed by atoms with Crippen LogP contribution in [-0.2, 0) is 50.4 Å². The summed E-state index contributed by atoms with van der Waals surface area (Å²) in [4.78, 5) is 82.1. The smallest absolute Gasteiger partial charge is 0.407 e. The molecular weight excluding hydrogens is 901 g/mol. The number of carbonyl (C=O) groups excluding carboxylic acids is 5. The van der Waals surface area contributed by atoms with E-state index in [1.165, 1.54) is 27.6 Å². The first-order chi connectivity index (χ1) is 29.8. The molecule has 4 heterocycles. The molecule has 0 saturated heterocycles. The van der Waals surface area contributed by atoms with E-state index < -0.39 is 24.3 Å². The van der Waals surface area contributed by atoms with Crippen LogP contribution in [0.15, 0.2) is 0 Å². The molecule has 2 aliphatic heterocycles. The average molecular weight is 971 g/mol. The molecule has 0 aromatic carbocycles. The summed E-state index contributed by atoms with van der Waals surface area (Å²) < 4.78 is 31.3. The van der Waals surface area contributed by atoms with Crippen molar-refractivity contribution in [3.63, 3.8) is 0 Å². The molecule has 2 aliphatic carbocycles. The quantitative estimate of drug-likeness (QED) is 0.170. The predicted molar refractivity (Wildman–Crippen MR) is 251 cm³/mol. The zero-order valence-electron chi connectivity index (χ0n) is 39.1. The fraction of sp³-hybridized carbons (Fsp3) is 0.732. The fourth-order valence-electron chi connectivity index (χ4n) is 7.99. The lowest BCUT2D eigenvalue weighted by molar-refractivity contribution is -0.135. The molecule has 360 valence electrons. The lowest BCUT2D eigenvalue weighted by atomic mass is 9.81. The van der Waals surface area contributed by atoms with E-state index in [9.17, 15) is 32.4 Å². The van der Waals surface area contributed by atoms with Gasteiger partial charge in [0.05, 0.1) is 36.3 Å². The minimum Gasteiger partial charge on any atom is -0.450 e. The van der Waals surface area contributed by atoms with Gasteiger partial charge in [0.25, 0.3) is 21.9 Å². The van der Waals surface area contributed by atoms with E-state index >= 15 is 0 Å². The van der Waals surface area contributed by atoms with Gasteiger partial charge in [-0.15, -0.1) is 22.7 Å². The fourth-order valence-corrected chi connectivity index (χ4v) is 10.9. The number of rotatable bonds is 10. The highest BCUT2D eigenvalue weighted by Crippen LogP contribution is 2.30. The van der Waals surface area contributed by atoms with Crippen LogP contribution in [-0.4, -0.2) is 173 Å². The number of fused-ring (bicyclic) bond motifs is 2. The highest BCUT2D eigenvalue weighted by molar-refractivity contribution is 7.85. The van der Waals surface area contributed by atoms with Gasteiger partial charge in [0, 0.05) is 109 Å². The molecule has 0 radical (unpaired) electrons. The molecule has 23 heteroatoms. The third kappa shape index (κ3) is 16.7. The van der Waals surface area contributed by atoms with E-state index in [-0.39, 0.29) is 59.6 Å². The van der Waals surface area contributed by atoms with Gasteiger partial charge in [0.15, 0.2) is 10.0 Å². The monoisotopic (exact) mass is 970 g/mol. The molecule has 0 bridgehead atoms. The van der Waals surface area contributed by atoms with E-state index in [0.717, 1.165) is 74.2 Å². The van der Waals surface area contributed by atoms with Gasteiger partial charge in [-0.3, -0.25) is 23.7 Å². The normalized spacial score (nSPS) is 23.6. The third-order valence-electron chi connectivity index (χ3n) is 11.6. The molecule has 5 amide bonds. The van der Waals surface area contributed by atoms with Crippen molar-refractivity contribution in [2.24, 2.45) is 17.6 Å². The Hall–Kier alpha value is -3.58. The topological polar surface area (TPSA) is 250 Å². The summed E-state index contributed by atoms with van der Waals surface area (Å²) in [6.07, 6.45) is 5.81. The molecule has 4 aliphatic rings. The number of hydrogen-bond donors (Lipinski definition) is 5. The number of likely N-dealkylation sites (N-methyl/N-ethyl adjacent to an activating group) is 2. The number of nitrogens with one attached hydrogen (secondary N) is 3. The van der Waals surface area contributed by atoms with Crippen LogP contribution in [0.25, 0.3) is 0 Å². The molecule has 6 rings (SSSR count). The van der Waals surface area contributed by atoms with Crippen LogP contribution in [0.5, 0.6) is 0 Å². The Labute approximate surface area is 387 Å². The van der Waals surface area contributed by atoms with Gasteiger partial charge in [0.2, 0.25) is 11.8 Å². The van der Waals surface area contributed by atoms with Gasteiger partial charge < -0.3 is 46.0 Å². The van der Waals surface area contributed by atoms with Gasteiger partial charge >= 0.3 is 6.09 Å². The number of ether oxygens (including phenoxy) is 1. The Balaban J connectivity index is 0.000000263. The number of carbonyl (C=O) groups is 5. The van der Waals surface area contributed by atoms with E-state index in [1.54, 1.807) is 38.0 Å². The van der Waals surface area contributed by atoms with E-state index in [2.05, 4.69) is 69.5 Å². The molecule has 2 fully saturated rings. The molecule has 0 spiro atoms. The van der Waals surface area contributed by atoms with Crippen molar-refractivity contribution in [2.45, 2.75) is 114 Å². The summed E-state index contributed by atoms with van der Waals surface area (Å²) in [5, 5.41) is 10.0. The maximum atomic E-state index is 13.1. The van der Waals surface area contributed by atoms with Crippen LogP contribution in [0, 0.1) is 11.8 Å². The second-order valence-electron chi connectivity index (χ2n) is 19.0. The number of nitrogens with two attached hydrogens (primary N) is 1. The number of thiazole rings is 2. The zero-order valence-corrected chi connectivity index (χ0v) is 42.5. The lowest BCUT2D eigenvalue weighted by Gasteiger charge is -2.36. The van der Waals surface area contributed by atoms with E-state index in [4.69, 9.17) is 15.0 Å². The van der Waals surface area contributed by atoms with Crippen LogP contribution < -0.4 is 21.7 Å². The van der Waals surface area contributed by atoms with Crippen molar-refractivity contribution in [1.29, 1.82) is 0 Å². The Morgan fingerprint density at radius 2 is 1.20 bits per heavy atom. The Kier molecular flexibility index (Phi) is 19.3. The van der Waals surface area contributed by atoms with Gasteiger partial charge in [-0.05, 0) is 58.7 Å². The summed E-state index contributed by atoms with van der Waals surface area (Å²) >= 11 is 2.90. The molecule has 6 atom stereocenters. The summed E-state index contributed by atoms with van der Waals surface area (Å²) in [5.41, 5.74) is 8.24. The maximum Gasteiger partial charge on any atom is 0.407 e. The lowest BCUT2D eigenvalue weighted by Crippen LogP contribution is -2.56.